The highest BCUT2D eigenvalue weighted by Crippen LogP contribution is 2.29. The van der Waals surface area contributed by atoms with E-state index in [1.165, 1.54) is 6.07 Å². The smallest absolute Gasteiger partial charge is 0.336 e. The lowest BCUT2D eigenvalue weighted by Gasteiger charge is -2.09. The van der Waals surface area contributed by atoms with Crippen molar-refractivity contribution < 1.29 is 12.8 Å². The molecule has 25 heavy (non-hydrogen) atoms. The highest BCUT2D eigenvalue weighted by Gasteiger charge is 2.19. The van der Waals surface area contributed by atoms with E-state index in [4.69, 9.17) is 4.42 Å². The molecule has 0 amide bonds. The van der Waals surface area contributed by atoms with E-state index in [0.29, 0.717) is 16.5 Å². The predicted octanol–water partition coefficient (Wildman–Crippen LogP) is 3.92. The standard InChI is InChI=1S/C20H14O4S/c21-19-12-15(13-25(22,23)16-7-2-1-3-8-16)20-17-9-5-4-6-14(17)10-11-18(20)24-19/h1-12H,13H2. The molecule has 1 heterocycles. The summed E-state index contributed by atoms with van der Waals surface area (Å²) in [4.78, 5) is 12.1. The van der Waals surface area contributed by atoms with Gasteiger partial charge >= 0.3 is 5.63 Å². The molecular formula is C20H14O4S. The van der Waals surface area contributed by atoms with Crippen LogP contribution in [0.2, 0.25) is 0 Å². The molecule has 1 aromatic heterocycles. The topological polar surface area (TPSA) is 64.3 Å². The van der Waals surface area contributed by atoms with Crippen LogP contribution in [0.1, 0.15) is 5.56 Å². The van der Waals surface area contributed by atoms with Gasteiger partial charge in [-0.2, -0.15) is 0 Å². The molecule has 0 saturated carbocycles. The van der Waals surface area contributed by atoms with Crippen molar-refractivity contribution in [3.05, 3.63) is 88.8 Å². The Morgan fingerprint density at radius 3 is 2.36 bits per heavy atom. The fourth-order valence-corrected chi connectivity index (χ4v) is 4.43. The van der Waals surface area contributed by atoms with Crippen LogP contribution in [0.3, 0.4) is 0 Å². The van der Waals surface area contributed by atoms with E-state index in [-0.39, 0.29) is 10.6 Å². The first-order valence-corrected chi connectivity index (χ1v) is 9.42. The molecule has 124 valence electrons. The average molecular weight is 350 g/mol. The Morgan fingerprint density at radius 2 is 1.56 bits per heavy atom. The van der Waals surface area contributed by atoms with Gasteiger partial charge in [0.25, 0.3) is 0 Å². The monoisotopic (exact) mass is 350 g/mol. The van der Waals surface area contributed by atoms with Crippen LogP contribution < -0.4 is 5.63 Å². The summed E-state index contributed by atoms with van der Waals surface area (Å²) in [7, 11) is -3.57. The Bertz CT molecular complexity index is 1240. The normalized spacial score (nSPS) is 11.8. The summed E-state index contributed by atoms with van der Waals surface area (Å²) >= 11 is 0. The lowest BCUT2D eigenvalue weighted by Crippen LogP contribution is -2.08. The fourth-order valence-electron chi connectivity index (χ4n) is 3.05. The van der Waals surface area contributed by atoms with Gasteiger partial charge in [-0.15, -0.1) is 0 Å². The van der Waals surface area contributed by atoms with Gasteiger partial charge in [-0.3, -0.25) is 0 Å². The summed E-state index contributed by atoms with van der Waals surface area (Å²) in [5.74, 6) is -0.257. The van der Waals surface area contributed by atoms with Gasteiger partial charge in [0.1, 0.15) is 5.58 Å². The SMILES string of the molecule is O=c1cc(CS(=O)(=O)c2ccccc2)c2c(ccc3ccccc32)o1. The molecule has 5 heteroatoms. The quantitative estimate of drug-likeness (QED) is 0.415. The molecule has 0 fully saturated rings. The summed E-state index contributed by atoms with van der Waals surface area (Å²) in [5.41, 5.74) is 0.289. The lowest BCUT2D eigenvalue weighted by atomic mass is 10.0. The van der Waals surface area contributed by atoms with E-state index >= 15 is 0 Å². The largest absolute Gasteiger partial charge is 0.423 e. The fraction of sp³-hybridized carbons (Fsp3) is 0.0500. The Morgan fingerprint density at radius 1 is 0.840 bits per heavy atom. The molecule has 0 spiro atoms. The maximum absolute atomic E-state index is 12.8. The predicted molar refractivity (Wildman–Crippen MR) is 97.3 cm³/mol. The first-order valence-electron chi connectivity index (χ1n) is 7.77. The Kier molecular flexibility index (Phi) is 3.66. The van der Waals surface area contributed by atoms with Crippen molar-refractivity contribution in [2.24, 2.45) is 0 Å². The molecule has 0 bridgehead atoms. The highest BCUT2D eigenvalue weighted by molar-refractivity contribution is 7.90. The minimum absolute atomic E-state index is 0.233. The number of hydrogen-bond acceptors (Lipinski definition) is 4. The zero-order valence-corrected chi connectivity index (χ0v) is 14.0. The molecule has 3 aromatic carbocycles. The van der Waals surface area contributed by atoms with Crippen molar-refractivity contribution in [3.63, 3.8) is 0 Å². The highest BCUT2D eigenvalue weighted by atomic mass is 32.2. The van der Waals surface area contributed by atoms with Crippen LogP contribution in [0.4, 0.5) is 0 Å². The van der Waals surface area contributed by atoms with Gasteiger partial charge in [0.05, 0.1) is 10.6 Å². The lowest BCUT2D eigenvalue weighted by molar-refractivity contribution is 0.559. The Balaban J connectivity index is 1.98. The number of fused-ring (bicyclic) bond motifs is 3. The molecule has 0 aliphatic carbocycles. The minimum atomic E-state index is -3.57. The van der Waals surface area contributed by atoms with Crippen LogP contribution in [0, 0.1) is 0 Å². The van der Waals surface area contributed by atoms with Gasteiger partial charge in [-0.05, 0) is 34.5 Å². The summed E-state index contributed by atoms with van der Waals surface area (Å²) in [6, 6.07) is 20.7. The van der Waals surface area contributed by atoms with Crippen molar-refractivity contribution in [2.75, 3.05) is 0 Å². The van der Waals surface area contributed by atoms with Crippen molar-refractivity contribution in [3.8, 4) is 0 Å². The molecule has 0 radical (unpaired) electrons. The number of hydrogen-bond donors (Lipinski definition) is 0. The van der Waals surface area contributed by atoms with E-state index < -0.39 is 15.5 Å². The van der Waals surface area contributed by atoms with Gasteiger partial charge < -0.3 is 4.42 Å². The van der Waals surface area contributed by atoms with Gasteiger partial charge in [0, 0.05) is 11.5 Å². The summed E-state index contributed by atoms with van der Waals surface area (Å²) in [6.45, 7) is 0. The maximum atomic E-state index is 12.8. The molecule has 4 rings (SSSR count). The van der Waals surface area contributed by atoms with Crippen molar-refractivity contribution in [1.29, 1.82) is 0 Å². The van der Waals surface area contributed by atoms with Gasteiger partial charge in [-0.25, -0.2) is 13.2 Å². The maximum Gasteiger partial charge on any atom is 0.336 e. The van der Waals surface area contributed by atoms with E-state index in [1.54, 1.807) is 36.4 Å². The third-order valence-corrected chi connectivity index (χ3v) is 5.84. The van der Waals surface area contributed by atoms with Crippen LogP contribution in [0.15, 0.2) is 86.9 Å². The second-order valence-electron chi connectivity index (χ2n) is 5.82. The van der Waals surface area contributed by atoms with E-state index in [0.717, 1.165) is 10.8 Å². The van der Waals surface area contributed by atoms with E-state index in [1.807, 2.05) is 30.3 Å². The van der Waals surface area contributed by atoms with Crippen LogP contribution >= 0.6 is 0 Å². The zero-order chi connectivity index (χ0) is 17.4. The molecule has 0 aliphatic rings. The van der Waals surface area contributed by atoms with Crippen molar-refractivity contribution in [1.82, 2.24) is 0 Å². The summed E-state index contributed by atoms with van der Waals surface area (Å²) in [5, 5.41) is 2.49. The molecular weight excluding hydrogens is 336 g/mol. The van der Waals surface area contributed by atoms with Gasteiger partial charge in [0.15, 0.2) is 9.84 Å². The van der Waals surface area contributed by atoms with Crippen LogP contribution in [-0.4, -0.2) is 8.42 Å². The molecule has 0 aliphatic heterocycles. The molecule has 0 N–H and O–H groups in total. The minimum Gasteiger partial charge on any atom is -0.423 e. The third-order valence-electron chi connectivity index (χ3n) is 4.16. The molecule has 0 saturated heterocycles. The first-order chi connectivity index (χ1) is 12.0. The molecule has 4 aromatic rings. The van der Waals surface area contributed by atoms with Crippen LogP contribution in [-0.2, 0) is 15.6 Å². The molecule has 4 nitrogen and oxygen atoms in total. The van der Waals surface area contributed by atoms with Gasteiger partial charge in [-0.1, -0.05) is 48.5 Å². The van der Waals surface area contributed by atoms with Crippen LogP contribution in [0.5, 0.6) is 0 Å². The van der Waals surface area contributed by atoms with Gasteiger partial charge in [0.2, 0.25) is 0 Å². The third kappa shape index (κ3) is 2.83. The summed E-state index contributed by atoms with van der Waals surface area (Å²) in [6.07, 6.45) is 0. The first kappa shape index (κ1) is 15.6. The molecule has 0 atom stereocenters. The Labute approximate surface area is 144 Å². The second-order valence-corrected chi connectivity index (χ2v) is 7.81. The number of rotatable bonds is 3. The van der Waals surface area contributed by atoms with Crippen molar-refractivity contribution >= 4 is 31.6 Å². The van der Waals surface area contributed by atoms with Crippen molar-refractivity contribution in [2.45, 2.75) is 10.6 Å². The van der Waals surface area contributed by atoms with Crippen LogP contribution in [0.25, 0.3) is 21.7 Å². The number of benzene rings is 3. The number of sulfone groups is 1. The van der Waals surface area contributed by atoms with E-state index in [9.17, 15) is 13.2 Å². The van der Waals surface area contributed by atoms with E-state index in [2.05, 4.69) is 0 Å². The molecule has 0 unspecified atom stereocenters. The zero-order valence-electron chi connectivity index (χ0n) is 13.2. The summed E-state index contributed by atoms with van der Waals surface area (Å²) < 4.78 is 30.8. The second kappa shape index (κ2) is 5.86. The average Bonchev–Trinajstić information content (AvgIpc) is 2.61. The Hall–Kier alpha value is -2.92.